The van der Waals surface area contributed by atoms with Crippen LogP contribution in [0.3, 0.4) is 0 Å². The summed E-state index contributed by atoms with van der Waals surface area (Å²) in [6, 6.07) is 0. The molecule has 0 bridgehead atoms. The third-order valence-electron chi connectivity index (χ3n) is 1.86. The van der Waals surface area contributed by atoms with Gasteiger partial charge in [0.05, 0.1) is 11.1 Å². The van der Waals surface area contributed by atoms with Crippen molar-refractivity contribution < 1.29 is 22.0 Å². The van der Waals surface area contributed by atoms with E-state index in [1.165, 1.54) is 22.6 Å². The number of halogens is 6. The van der Waals surface area contributed by atoms with Crippen LogP contribution in [0, 0.1) is 10.6 Å². The summed E-state index contributed by atoms with van der Waals surface area (Å²) in [6.07, 6.45) is -7.03. The van der Waals surface area contributed by atoms with Gasteiger partial charge in [0, 0.05) is 6.20 Å². The normalized spacial score (nSPS) is 12.3. The molecular weight excluding hydrogens is 332 g/mol. The van der Waals surface area contributed by atoms with E-state index in [-0.39, 0.29) is 3.70 Å². The highest BCUT2D eigenvalue weighted by Gasteiger charge is 2.35. The molecule has 1 aromatic heterocycles. The fourth-order valence-electron chi connectivity index (χ4n) is 1.13. The number of aromatic nitrogens is 1. The Bertz CT molecular complexity index is 374. The molecule has 1 rings (SSSR count). The van der Waals surface area contributed by atoms with Crippen LogP contribution in [0.5, 0.6) is 0 Å². The number of hydrogen-bond acceptors (Lipinski definition) is 1. The molecule has 0 unspecified atom stereocenters. The second kappa shape index (κ2) is 4.18. The molecule has 0 aromatic carbocycles. The molecule has 1 aromatic rings. The molecule has 0 aliphatic rings. The van der Waals surface area contributed by atoms with Crippen LogP contribution in [-0.2, 0) is 6.18 Å². The lowest BCUT2D eigenvalue weighted by molar-refractivity contribution is -0.138. The second-order valence-corrected chi connectivity index (χ2v) is 3.82. The SMILES string of the molecule is Cc1c(C(F)(F)F)cnc(I)c1C(F)F. The van der Waals surface area contributed by atoms with E-state index in [1.807, 2.05) is 0 Å². The minimum Gasteiger partial charge on any atom is -0.249 e. The van der Waals surface area contributed by atoms with E-state index in [9.17, 15) is 22.0 Å². The quantitative estimate of drug-likeness (QED) is 0.430. The van der Waals surface area contributed by atoms with Gasteiger partial charge in [-0.3, -0.25) is 0 Å². The zero-order valence-electron chi connectivity index (χ0n) is 7.37. The third kappa shape index (κ3) is 2.56. The molecule has 1 heterocycles. The zero-order chi connectivity index (χ0) is 11.8. The summed E-state index contributed by atoms with van der Waals surface area (Å²) in [6.45, 7) is 1.02. The van der Waals surface area contributed by atoms with Crippen LogP contribution in [0.4, 0.5) is 22.0 Å². The highest BCUT2D eigenvalue weighted by atomic mass is 127. The molecule has 0 radical (unpaired) electrons. The first-order valence-electron chi connectivity index (χ1n) is 3.75. The Morgan fingerprint density at radius 2 is 1.87 bits per heavy atom. The number of hydrogen-bond donors (Lipinski definition) is 0. The van der Waals surface area contributed by atoms with Crippen molar-refractivity contribution in [2.75, 3.05) is 0 Å². The van der Waals surface area contributed by atoms with Crippen LogP contribution >= 0.6 is 22.6 Å². The Morgan fingerprint density at radius 1 is 1.33 bits per heavy atom. The maximum absolute atomic E-state index is 12.4. The summed E-state index contributed by atoms with van der Waals surface area (Å²) >= 11 is 1.49. The fourth-order valence-corrected chi connectivity index (χ4v) is 1.91. The average molecular weight is 337 g/mol. The monoisotopic (exact) mass is 337 g/mol. The van der Waals surface area contributed by atoms with Crippen LogP contribution in [0.25, 0.3) is 0 Å². The Balaban J connectivity index is 3.42. The molecule has 0 atom stereocenters. The van der Waals surface area contributed by atoms with Gasteiger partial charge < -0.3 is 0 Å². The van der Waals surface area contributed by atoms with Crippen LogP contribution in [0.15, 0.2) is 6.20 Å². The van der Waals surface area contributed by atoms with Crippen molar-refractivity contribution in [3.63, 3.8) is 0 Å². The molecular formula is C8H5F5IN. The first-order valence-corrected chi connectivity index (χ1v) is 4.83. The van der Waals surface area contributed by atoms with Gasteiger partial charge >= 0.3 is 6.18 Å². The van der Waals surface area contributed by atoms with E-state index >= 15 is 0 Å². The predicted molar refractivity (Wildman–Crippen MR) is 51.7 cm³/mol. The minimum absolute atomic E-state index is 0.104. The van der Waals surface area contributed by atoms with Crippen molar-refractivity contribution in [3.8, 4) is 0 Å². The maximum atomic E-state index is 12.4. The molecule has 0 aliphatic carbocycles. The first kappa shape index (κ1) is 12.6. The molecule has 1 nitrogen and oxygen atoms in total. The van der Waals surface area contributed by atoms with Crippen molar-refractivity contribution in [1.29, 1.82) is 0 Å². The highest BCUT2D eigenvalue weighted by Crippen LogP contribution is 2.36. The van der Waals surface area contributed by atoms with Gasteiger partial charge in [0.25, 0.3) is 6.43 Å². The summed E-state index contributed by atoms with van der Waals surface area (Å²) in [4.78, 5) is 3.31. The third-order valence-corrected chi connectivity index (χ3v) is 2.72. The molecule has 0 spiro atoms. The molecule has 0 N–H and O–H groups in total. The number of pyridine rings is 1. The molecule has 0 aliphatic heterocycles. The lowest BCUT2D eigenvalue weighted by atomic mass is 10.1. The molecule has 0 fully saturated rings. The topological polar surface area (TPSA) is 12.9 Å². The number of alkyl halides is 5. The summed E-state index contributed by atoms with van der Waals surface area (Å²) in [7, 11) is 0. The lowest BCUT2D eigenvalue weighted by Gasteiger charge is -2.14. The molecule has 0 saturated carbocycles. The minimum atomic E-state index is -4.65. The molecule has 0 amide bonds. The van der Waals surface area contributed by atoms with E-state index in [1.54, 1.807) is 0 Å². The van der Waals surface area contributed by atoms with E-state index in [4.69, 9.17) is 0 Å². The van der Waals surface area contributed by atoms with Gasteiger partial charge in [-0.1, -0.05) is 0 Å². The Kier molecular flexibility index (Phi) is 3.51. The van der Waals surface area contributed by atoms with Crippen LogP contribution < -0.4 is 0 Å². The standard InChI is InChI=1S/C8H5F5IN/c1-3-4(8(11,12)13)2-15-7(14)5(3)6(9)10/h2,6H,1H3. The second-order valence-electron chi connectivity index (χ2n) is 2.80. The highest BCUT2D eigenvalue weighted by molar-refractivity contribution is 14.1. The molecule has 7 heteroatoms. The number of nitrogens with zero attached hydrogens (tertiary/aromatic N) is 1. The van der Waals surface area contributed by atoms with Crippen LogP contribution in [0.2, 0.25) is 0 Å². The van der Waals surface area contributed by atoms with E-state index in [0.717, 1.165) is 6.92 Å². The summed E-state index contributed by atoms with van der Waals surface area (Å²) in [5, 5.41) is 0. The van der Waals surface area contributed by atoms with E-state index in [2.05, 4.69) is 4.98 Å². The van der Waals surface area contributed by atoms with Crippen LogP contribution in [-0.4, -0.2) is 4.98 Å². The Hall–Kier alpha value is -0.470. The van der Waals surface area contributed by atoms with Crippen molar-refractivity contribution in [3.05, 3.63) is 26.6 Å². The van der Waals surface area contributed by atoms with Crippen molar-refractivity contribution >= 4 is 22.6 Å². The summed E-state index contributed by atoms with van der Waals surface area (Å²) in [5.41, 5.74) is -2.22. The molecule has 15 heavy (non-hydrogen) atoms. The largest absolute Gasteiger partial charge is 0.418 e. The maximum Gasteiger partial charge on any atom is 0.418 e. The van der Waals surface area contributed by atoms with Gasteiger partial charge in [-0.15, -0.1) is 0 Å². The van der Waals surface area contributed by atoms with E-state index in [0.29, 0.717) is 6.20 Å². The van der Waals surface area contributed by atoms with Gasteiger partial charge in [-0.05, 0) is 35.1 Å². The van der Waals surface area contributed by atoms with Gasteiger partial charge in [0.15, 0.2) is 0 Å². The van der Waals surface area contributed by atoms with Crippen molar-refractivity contribution in [1.82, 2.24) is 4.98 Å². The molecule has 0 saturated heterocycles. The van der Waals surface area contributed by atoms with E-state index < -0.39 is 29.3 Å². The van der Waals surface area contributed by atoms with Gasteiger partial charge in [-0.25, -0.2) is 13.8 Å². The lowest BCUT2D eigenvalue weighted by Crippen LogP contribution is -2.11. The summed E-state index contributed by atoms with van der Waals surface area (Å²) in [5.74, 6) is 0. The van der Waals surface area contributed by atoms with Gasteiger partial charge in [0.2, 0.25) is 0 Å². The van der Waals surface area contributed by atoms with Crippen LogP contribution in [0.1, 0.15) is 23.1 Å². The number of rotatable bonds is 1. The average Bonchev–Trinajstić information content (AvgIpc) is 2.00. The molecule has 84 valence electrons. The Morgan fingerprint density at radius 3 is 2.27 bits per heavy atom. The van der Waals surface area contributed by atoms with Gasteiger partial charge in [-0.2, -0.15) is 13.2 Å². The predicted octanol–water partition coefficient (Wildman–Crippen LogP) is 3.95. The first-order chi connectivity index (χ1) is 6.75. The Labute approximate surface area is 95.8 Å². The summed E-state index contributed by atoms with van der Waals surface area (Å²) < 4.78 is 61.8. The van der Waals surface area contributed by atoms with Gasteiger partial charge in [0.1, 0.15) is 3.70 Å². The van der Waals surface area contributed by atoms with Crippen molar-refractivity contribution in [2.45, 2.75) is 19.5 Å². The smallest absolute Gasteiger partial charge is 0.249 e. The van der Waals surface area contributed by atoms with Crippen molar-refractivity contribution in [2.24, 2.45) is 0 Å². The zero-order valence-corrected chi connectivity index (χ0v) is 9.53. The fraction of sp³-hybridized carbons (Fsp3) is 0.375.